The number of hydrogen-bond acceptors (Lipinski definition) is 0. The van der Waals surface area contributed by atoms with E-state index in [2.05, 4.69) is 19.9 Å². The van der Waals surface area contributed by atoms with Gasteiger partial charge in [-0.3, -0.25) is 0 Å². The molecule has 0 bridgehead atoms. The molecule has 0 heterocycles. The molecule has 0 nitrogen and oxygen atoms in total. The second kappa shape index (κ2) is 26.7. The predicted molar refractivity (Wildman–Crippen MR) is 131 cm³/mol. The summed E-state index contributed by atoms with van der Waals surface area (Å²) in [5, 5.41) is 0. The molecule has 0 rings (SSSR count). The summed E-state index contributed by atoms with van der Waals surface area (Å²) in [6.45, 7) is 6.04. The van der Waals surface area contributed by atoms with E-state index < -0.39 is 0 Å². The first kappa shape index (κ1) is 27.7. The van der Waals surface area contributed by atoms with Crippen LogP contribution >= 0.6 is 0 Å². The van der Waals surface area contributed by atoms with Gasteiger partial charge < -0.3 is 0 Å². The van der Waals surface area contributed by atoms with Crippen LogP contribution in [0.2, 0.25) is 0 Å². The maximum absolute atomic E-state index is 3.73. The molecule has 0 aliphatic heterocycles. The molecule has 0 N–H and O–H groups in total. The van der Waals surface area contributed by atoms with Gasteiger partial charge in [0, 0.05) is 0 Å². The third-order valence-corrected chi connectivity index (χ3v) is 6.14. The Kier molecular flexibility index (Phi) is 26.5. The Balaban J connectivity index is 2.98. The van der Waals surface area contributed by atoms with Crippen molar-refractivity contribution in [2.45, 2.75) is 161 Å². The van der Waals surface area contributed by atoms with Gasteiger partial charge in [-0.1, -0.05) is 160 Å². The van der Waals surface area contributed by atoms with Crippen LogP contribution in [-0.4, -0.2) is 0 Å². The molecule has 167 valence electrons. The molecule has 0 saturated heterocycles. The molecular formula is C28H55. The van der Waals surface area contributed by atoms with E-state index in [4.69, 9.17) is 0 Å². The van der Waals surface area contributed by atoms with E-state index in [1.54, 1.807) is 0 Å². The van der Waals surface area contributed by atoms with Gasteiger partial charge in [0.1, 0.15) is 0 Å². The van der Waals surface area contributed by atoms with Gasteiger partial charge in [-0.25, -0.2) is 0 Å². The van der Waals surface area contributed by atoms with Gasteiger partial charge in [0.15, 0.2) is 0 Å². The average molecular weight is 392 g/mol. The van der Waals surface area contributed by atoms with Crippen LogP contribution in [0.3, 0.4) is 0 Å². The Bertz CT molecular complexity index is 278. The minimum atomic E-state index is 1.22. The third-order valence-electron chi connectivity index (χ3n) is 6.14. The summed E-state index contributed by atoms with van der Waals surface area (Å²) in [4.78, 5) is 0. The lowest BCUT2D eigenvalue weighted by Crippen LogP contribution is -1.84. The monoisotopic (exact) mass is 391 g/mol. The van der Waals surface area contributed by atoms with Gasteiger partial charge in [0.05, 0.1) is 0 Å². The maximum atomic E-state index is 3.73. The molecule has 28 heavy (non-hydrogen) atoms. The molecule has 0 fully saturated rings. The van der Waals surface area contributed by atoms with Crippen molar-refractivity contribution in [2.24, 2.45) is 0 Å². The minimum Gasteiger partial charge on any atom is -0.0885 e. The fraction of sp³-hybridized carbons (Fsp3) is 0.893. The van der Waals surface area contributed by atoms with E-state index in [0.717, 1.165) is 0 Å². The van der Waals surface area contributed by atoms with Gasteiger partial charge in [-0.05, 0) is 19.8 Å². The van der Waals surface area contributed by atoms with Crippen molar-refractivity contribution in [3.05, 3.63) is 19.1 Å². The molecule has 0 aliphatic rings. The van der Waals surface area contributed by atoms with Crippen molar-refractivity contribution in [3.63, 3.8) is 0 Å². The Hall–Kier alpha value is -0.260. The van der Waals surface area contributed by atoms with Gasteiger partial charge in [0.2, 0.25) is 0 Å². The van der Waals surface area contributed by atoms with Crippen molar-refractivity contribution in [2.75, 3.05) is 0 Å². The molecule has 0 aromatic rings. The lowest BCUT2D eigenvalue weighted by molar-refractivity contribution is 0.518. The van der Waals surface area contributed by atoms with E-state index in [1.807, 2.05) is 6.08 Å². The zero-order chi connectivity index (χ0) is 20.4. The SMILES string of the molecule is [CH2]C=CCCCCCCCCCCCCCCCCCCCCCCCCC. The summed E-state index contributed by atoms with van der Waals surface area (Å²) < 4.78 is 0. The number of unbranched alkanes of at least 4 members (excludes halogenated alkanes) is 23. The Morgan fingerprint density at radius 2 is 0.643 bits per heavy atom. The van der Waals surface area contributed by atoms with Crippen LogP contribution in [0.25, 0.3) is 0 Å². The summed E-state index contributed by atoms with van der Waals surface area (Å²) >= 11 is 0. The van der Waals surface area contributed by atoms with E-state index in [9.17, 15) is 0 Å². The first-order valence-electron chi connectivity index (χ1n) is 13.4. The second-order valence-electron chi connectivity index (χ2n) is 9.04. The van der Waals surface area contributed by atoms with E-state index >= 15 is 0 Å². The Morgan fingerprint density at radius 1 is 0.393 bits per heavy atom. The van der Waals surface area contributed by atoms with Gasteiger partial charge in [-0.15, -0.1) is 0 Å². The molecule has 1 radical (unpaired) electrons. The molecule has 0 aromatic heterocycles. The van der Waals surface area contributed by atoms with Crippen LogP contribution in [0.4, 0.5) is 0 Å². The van der Waals surface area contributed by atoms with E-state index in [0.29, 0.717) is 0 Å². The lowest BCUT2D eigenvalue weighted by atomic mass is 10.0. The van der Waals surface area contributed by atoms with Crippen molar-refractivity contribution in [1.82, 2.24) is 0 Å². The van der Waals surface area contributed by atoms with Crippen LogP contribution in [0.1, 0.15) is 161 Å². The lowest BCUT2D eigenvalue weighted by Gasteiger charge is -2.04. The molecule has 0 atom stereocenters. The van der Waals surface area contributed by atoms with Crippen LogP contribution in [0, 0.1) is 6.92 Å². The molecule has 0 saturated carbocycles. The zero-order valence-corrected chi connectivity index (χ0v) is 19.8. The highest BCUT2D eigenvalue weighted by Gasteiger charge is 1.95. The van der Waals surface area contributed by atoms with Crippen molar-refractivity contribution >= 4 is 0 Å². The summed E-state index contributed by atoms with van der Waals surface area (Å²) in [5.41, 5.74) is 0. The first-order valence-corrected chi connectivity index (χ1v) is 13.4. The normalized spacial score (nSPS) is 11.6. The smallest absolute Gasteiger partial charge is 0.0316 e. The molecule has 0 unspecified atom stereocenters. The van der Waals surface area contributed by atoms with Crippen molar-refractivity contribution in [1.29, 1.82) is 0 Å². The third kappa shape index (κ3) is 25.7. The highest BCUT2D eigenvalue weighted by molar-refractivity contribution is 4.83. The van der Waals surface area contributed by atoms with Gasteiger partial charge in [0.25, 0.3) is 0 Å². The van der Waals surface area contributed by atoms with E-state index in [-0.39, 0.29) is 0 Å². The Labute approximate surface area is 180 Å². The van der Waals surface area contributed by atoms with E-state index in [1.165, 1.54) is 154 Å². The highest BCUT2D eigenvalue weighted by atomic mass is 14.0. The zero-order valence-electron chi connectivity index (χ0n) is 19.8. The summed E-state index contributed by atoms with van der Waals surface area (Å²) in [6.07, 6.45) is 39.0. The number of rotatable bonds is 24. The van der Waals surface area contributed by atoms with Crippen molar-refractivity contribution in [3.8, 4) is 0 Å². The molecule has 0 amide bonds. The average Bonchev–Trinajstić information content (AvgIpc) is 2.71. The summed E-state index contributed by atoms with van der Waals surface area (Å²) in [7, 11) is 0. The topological polar surface area (TPSA) is 0 Å². The number of allylic oxidation sites excluding steroid dienone is 2. The molecule has 0 aliphatic carbocycles. The minimum absolute atomic E-state index is 1.22. The maximum Gasteiger partial charge on any atom is -0.0316 e. The van der Waals surface area contributed by atoms with Crippen LogP contribution in [0.15, 0.2) is 12.2 Å². The molecule has 0 aromatic carbocycles. The quantitative estimate of drug-likeness (QED) is 0.143. The van der Waals surface area contributed by atoms with Gasteiger partial charge >= 0.3 is 0 Å². The first-order chi connectivity index (χ1) is 13.9. The van der Waals surface area contributed by atoms with Crippen LogP contribution in [-0.2, 0) is 0 Å². The Morgan fingerprint density at radius 3 is 0.893 bits per heavy atom. The molecule has 0 spiro atoms. The standard InChI is InChI=1S/C28H55/c1-3-5-7-9-11-13-15-17-19-21-23-25-27-28-26-24-22-20-18-16-14-12-10-8-6-4-2/h3,5H,1,4,6-28H2,2H3. The summed E-state index contributed by atoms with van der Waals surface area (Å²) in [5.74, 6) is 0. The fourth-order valence-electron chi connectivity index (χ4n) is 4.17. The number of hydrogen-bond donors (Lipinski definition) is 0. The fourth-order valence-corrected chi connectivity index (χ4v) is 4.17. The molecule has 0 heteroatoms. The molecular weight excluding hydrogens is 336 g/mol. The van der Waals surface area contributed by atoms with Crippen LogP contribution < -0.4 is 0 Å². The largest absolute Gasteiger partial charge is 0.0885 e. The predicted octanol–water partition coefficient (Wildman–Crippen LogP) is 10.8. The van der Waals surface area contributed by atoms with Crippen molar-refractivity contribution < 1.29 is 0 Å². The highest BCUT2D eigenvalue weighted by Crippen LogP contribution is 2.15. The summed E-state index contributed by atoms with van der Waals surface area (Å²) in [6, 6.07) is 0. The van der Waals surface area contributed by atoms with Crippen LogP contribution in [0.5, 0.6) is 0 Å². The second-order valence-corrected chi connectivity index (χ2v) is 9.04. The van der Waals surface area contributed by atoms with Gasteiger partial charge in [-0.2, -0.15) is 0 Å².